The van der Waals surface area contributed by atoms with Crippen LogP contribution in [0.4, 0.5) is 0 Å². The zero-order valence-corrected chi connectivity index (χ0v) is 27.9. The summed E-state index contributed by atoms with van der Waals surface area (Å²) in [6.07, 6.45) is 0. The highest BCUT2D eigenvalue weighted by Crippen LogP contribution is 2.33. The molecule has 0 saturated heterocycles. The van der Waals surface area contributed by atoms with Crippen molar-refractivity contribution in [2.75, 3.05) is 0 Å². The molecule has 0 N–H and O–H groups in total. The van der Waals surface area contributed by atoms with Crippen LogP contribution < -0.4 is 0 Å². The first-order chi connectivity index (χ1) is 25.3. The number of hydrogen-bond acceptors (Lipinski definition) is 2. The summed E-state index contributed by atoms with van der Waals surface area (Å²) >= 11 is 0. The van der Waals surface area contributed by atoms with E-state index in [2.05, 4.69) is 188 Å². The van der Waals surface area contributed by atoms with Crippen LogP contribution in [0.2, 0.25) is 0 Å². The van der Waals surface area contributed by atoms with Crippen molar-refractivity contribution >= 4 is 10.8 Å². The van der Waals surface area contributed by atoms with Crippen LogP contribution in [0, 0.1) is 0 Å². The van der Waals surface area contributed by atoms with Gasteiger partial charge in [0, 0.05) is 11.1 Å². The lowest BCUT2D eigenvalue weighted by Gasteiger charge is -2.10. The molecule has 9 aromatic rings. The van der Waals surface area contributed by atoms with E-state index in [1.54, 1.807) is 0 Å². The van der Waals surface area contributed by atoms with E-state index in [0.717, 1.165) is 39.2 Å². The number of nitrogens with zero attached hydrogens (tertiary/aromatic N) is 3. The number of rotatable bonds is 7. The maximum absolute atomic E-state index is 5.20. The van der Waals surface area contributed by atoms with Gasteiger partial charge < -0.3 is 0 Å². The maximum atomic E-state index is 5.20. The van der Waals surface area contributed by atoms with Crippen LogP contribution in [-0.4, -0.2) is 14.8 Å². The molecule has 0 radical (unpaired) electrons. The van der Waals surface area contributed by atoms with Crippen molar-refractivity contribution in [3.63, 3.8) is 0 Å². The van der Waals surface area contributed by atoms with E-state index in [-0.39, 0.29) is 0 Å². The highest BCUT2D eigenvalue weighted by atomic mass is 15.4. The van der Waals surface area contributed by atoms with E-state index in [9.17, 15) is 0 Å². The lowest BCUT2D eigenvalue weighted by atomic mass is 9.99. The van der Waals surface area contributed by atoms with Gasteiger partial charge in [0.25, 0.3) is 0 Å². The molecule has 8 aromatic carbocycles. The number of aromatic nitrogens is 3. The third kappa shape index (κ3) is 6.03. The van der Waals surface area contributed by atoms with E-state index in [4.69, 9.17) is 10.1 Å². The predicted octanol–water partition coefficient (Wildman–Crippen LogP) is 12.4. The third-order valence-corrected chi connectivity index (χ3v) is 9.54. The summed E-state index contributed by atoms with van der Waals surface area (Å²) in [5.74, 6) is 1.49. The van der Waals surface area contributed by atoms with Crippen LogP contribution in [0.15, 0.2) is 200 Å². The average molecular weight is 652 g/mol. The second-order valence-corrected chi connectivity index (χ2v) is 12.7. The largest absolute Gasteiger partial charge is 0.213 e. The highest BCUT2D eigenvalue weighted by molar-refractivity contribution is 5.95. The van der Waals surface area contributed by atoms with E-state index >= 15 is 0 Å². The lowest BCUT2D eigenvalue weighted by Crippen LogP contribution is -2.00. The monoisotopic (exact) mass is 651 g/mol. The lowest BCUT2D eigenvalue weighted by molar-refractivity contribution is 0.891. The van der Waals surface area contributed by atoms with Gasteiger partial charge in [-0.1, -0.05) is 188 Å². The second kappa shape index (κ2) is 13.2. The molecule has 240 valence electrons. The van der Waals surface area contributed by atoms with Crippen LogP contribution >= 0.6 is 0 Å². The Morgan fingerprint density at radius 3 is 1.22 bits per heavy atom. The molecule has 0 aliphatic heterocycles. The first-order valence-electron chi connectivity index (χ1n) is 17.2. The van der Waals surface area contributed by atoms with Crippen LogP contribution in [0.25, 0.3) is 83.7 Å². The fourth-order valence-electron chi connectivity index (χ4n) is 6.79. The summed E-state index contributed by atoms with van der Waals surface area (Å²) in [5.41, 5.74) is 12.5. The first-order valence-corrected chi connectivity index (χ1v) is 17.2. The summed E-state index contributed by atoms with van der Waals surface area (Å²) in [6.45, 7) is 0. The Morgan fingerprint density at radius 1 is 0.314 bits per heavy atom. The van der Waals surface area contributed by atoms with Crippen molar-refractivity contribution in [3.8, 4) is 73.0 Å². The van der Waals surface area contributed by atoms with Crippen molar-refractivity contribution in [1.29, 1.82) is 0 Å². The summed E-state index contributed by atoms with van der Waals surface area (Å²) in [5, 5.41) is 7.45. The molecule has 0 aliphatic rings. The van der Waals surface area contributed by atoms with Gasteiger partial charge in [-0.3, -0.25) is 0 Å². The Hall–Kier alpha value is -6.84. The zero-order chi connectivity index (χ0) is 34.0. The topological polar surface area (TPSA) is 30.7 Å². The van der Waals surface area contributed by atoms with Crippen LogP contribution in [0.5, 0.6) is 0 Å². The minimum atomic E-state index is 0.685. The third-order valence-electron chi connectivity index (χ3n) is 9.54. The molecule has 9 rings (SSSR count). The number of hydrogen-bond donors (Lipinski definition) is 0. The maximum Gasteiger partial charge on any atom is 0.182 e. The van der Waals surface area contributed by atoms with Crippen LogP contribution in [-0.2, 0) is 0 Å². The molecule has 0 atom stereocenters. The van der Waals surface area contributed by atoms with E-state index in [1.165, 1.54) is 38.8 Å². The van der Waals surface area contributed by atoms with Gasteiger partial charge in [0.15, 0.2) is 11.6 Å². The Morgan fingerprint density at radius 2 is 0.706 bits per heavy atom. The molecule has 0 fully saturated rings. The van der Waals surface area contributed by atoms with Gasteiger partial charge in [-0.25, -0.2) is 9.67 Å². The van der Waals surface area contributed by atoms with Gasteiger partial charge >= 0.3 is 0 Å². The van der Waals surface area contributed by atoms with E-state index in [1.807, 2.05) is 16.8 Å². The molecule has 0 unspecified atom stereocenters. The van der Waals surface area contributed by atoms with Crippen molar-refractivity contribution < 1.29 is 0 Å². The quantitative estimate of drug-likeness (QED) is 0.172. The van der Waals surface area contributed by atoms with Gasteiger partial charge in [-0.15, -0.1) is 5.10 Å². The van der Waals surface area contributed by atoms with Crippen molar-refractivity contribution in [3.05, 3.63) is 200 Å². The number of fused-ring (bicyclic) bond motifs is 1. The SMILES string of the molecule is c1ccc(-c2ccc(-c3ccc(-c4nc(-c5cccc6ccccc56)n(-c5ccc(-c6ccc(-c7ccccc7)cc6)cc5)n4)cc3)cc2)cc1. The molecule has 0 saturated carbocycles. The second-order valence-electron chi connectivity index (χ2n) is 12.7. The van der Waals surface area contributed by atoms with Crippen LogP contribution in [0.3, 0.4) is 0 Å². The minimum absolute atomic E-state index is 0.685. The highest BCUT2D eigenvalue weighted by Gasteiger charge is 2.17. The van der Waals surface area contributed by atoms with E-state index in [0.29, 0.717) is 5.82 Å². The van der Waals surface area contributed by atoms with Gasteiger partial charge in [-0.05, 0) is 67.4 Å². The normalized spacial score (nSPS) is 11.1. The molecule has 1 aromatic heterocycles. The van der Waals surface area contributed by atoms with Crippen LogP contribution in [0.1, 0.15) is 0 Å². The Labute approximate surface area is 297 Å². The number of benzene rings is 8. The Kier molecular flexibility index (Phi) is 7.84. The summed E-state index contributed by atoms with van der Waals surface area (Å²) in [7, 11) is 0. The van der Waals surface area contributed by atoms with Gasteiger partial charge in [0.05, 0.1) is 5.69 Å². The zero-order valence-electron chi connectivity index (χ0n) is 27.9. The molecule has 51 heavy (non-hydrogen) atoms. The fraction of sp³-hybridized carbons (Fsp3) is 0. The molecule has 3 nitrogen and oxygen atoms in total. The predicted molar refractivity (Wildman–Crippen MR) is 211 cm³/mol. The first kappa shape index (κ1) is 30.2. The van der Waals surface area contributed by atoms with Gasteiger partial charge in [-0.2, -0.15) is 0 Å². The fourth-order valence-corrected chi connectivity index (χ4v) is 6.79. The van der Waals surface area contributed by atoms with E-state index < -0.39 is 0 Å². The summed E-state index contributed by atoms with van der Waals surface area (Å²) in [4.78, 5) is 5.20. The Balaban J connectivity index is 1.06. The summed E-state index contributed by atoms with van der Waals surface area (Å²) in [6, 6.07) is 70.4. The van der Waals surface area contributed by atoms with Crippen molar-refractivity contribution in [1.82, 2.24) is 14.8 Å². The summed E-state index contributed by atoms with van der Waals surface area (Å²) < 4.78 is 1.98. The molecular formula is C48H33N3. The van der Waals surface area contributed by atoms with Crippen molar-refractivity contribution in [2.24, 2.45) is 0 Å². The molecule has 0 aliphatic carbocycles. The Bertz CT molecular complexity index is 2560. The average Bonchev–Trinajstić information content (AvgIpc) is 3.67. The molecule has 0 spiro atoms. The smallest absolute Gasteiger partial charge is 0.182 e. The standard InChI is InChI=1S/C48H33N3/c1-3-10-34(11-4-1)36-18-22-38(23-19-36)40-26-28-43(29-27-40)47-49-48(46-17-9-15-42-14-7-8-16-45(42)46)51(50-47)44-32-30-41(31-33-44)39-24-20-37(21-25-39)35-12-5-2-6-13-35/h1-33H. The minimum Gasteiger partial charge on any atom is -0.213 e. The molecule has 0 bridgehead atoms. The van der Waals surface area contributed by atoms with Gasteiger partial charge in [0.2, 0.25) is 0 Å². The molecule has 1 heterocycles. The molecular weight excluding hydrogens is 619 g/mol. The molecule has 0 amide bonds. The van der Waals surface area contributed by atoms with Gasteiger partial charge in [0.1, 0.15) is 0 Å². The molecule has 3 heteroatoms. The van der Waals surface area contributed by atoms with Crippen molar-refractivity contribution in [2.45, 2.75) is 0 Å².